The Bertz CT molecular complexity index is 509. The van der Waals surface area contributed by atoms with Crippen molar-refractivity contribution in [2.75, 3.05) is 0 Å². The van der Waals surface area contributed by atoms with E-state index in [1.165, 1.54) is 0 Å². The number of benzene rings is 2. The first kappa shape index (κ1) is 15.1. The fourth-order valence-electron chi connectivity index (χ4n) is 1.53. The Labute approximate surface area is 132 Å². The zero-order chi connectivity index (χ0) is 12.1. The molecule has 89 valence electrons. The smallest absolute Gasteiger partial charge is 0.110 e. The number of rotatable bonds is 4. The maximum absolute atomic E-state index is 10.8. The third kappa shape index (κ3) is 4.04. The van der Waals surface area contributed by atoms with E-state index in [1.807, 2.05) is 43.3 Å². The molecule has 2 aromatic rings. The van der Waals surface area contributed by atoms with Crippen molar-refractivity contribution in [3.8, 4) is 5.75 Å². The average molecular weight is 314 g/mol. The van der Waals surface area contributed by atoms with Crippen molar-refractivity contribution in [3.63, 3.8) is 0 Å². The van der Waals surface area contributed by atoms with Crippen LogP contribution >= 0.6 is 0 Å². The minimum absolute atomic E-state index is 0. The fourth-order valence-corrected chi connectivity index (χ4v) is 1.53. The minimum Gasteiger partial charge on any atom is -0.514 e. The quantitative estimate of drug-likeness (QED) is 0.640. The number of carbonyl (C=O) groups is 1. The molecule has 0 heterocycles. The van der Waals surface area contributed by atoms with Gasteiger partial charge in [-0.1, -0.05) is 42.8 Å². The van der Waals surface area contributed by atoms with Crippen LogP contribution in [0.3, 0.4) is 0 Å². The Morgan fingerprint density at radius 1 is 1.17 bits per heavy atom. The molecule has 0 aliphatic carbocycles. The van der Waals surface area contributed by atoms with Crippen molar-refractivity contribution in [1.29, 1.82) is 0 Å². The zero-order valence-electron chi connectivity index (χ0n) is 10.2. The van der Waals surface area contributed by atoms with Crippen LogP contribution in [-0.4, -0.2) is 6.29 Å². The van der Waals surface area contributed by atoms with Gasteiger partial charge in [0.25, 0.3) is 0 Å². The van der Waals surface area contributed by atoms with Crippen LogP contribution < -0.4 is 4.74 Å². The second kappa shape index (κ2) is 7.45. The molecule has 3 heteroatoms. The second-order valence-electron chi connectivity index (χ2n) is 3.82. The molecule has 2 rings (SSSR count). The standard InChI is InChI=1S/C15H13O2.Y/c1-12-7-8-14(10-16)15(9-12)17-11-13-5-3-2-4-6-13;/h2-8,10H,11H2,1H3;/q-1;. The molecule has 0 aromatic heterocycles. The molecule has 2 aromatic carbocycles. The van der Waals surface area contributed by atoms with Crippen LogP contribution in [0.1, 0.15) is 21.5 Å². The van der Waals surface area contributed by atoms with Crippen molar-refractivity contribution in [3.05, 3.63) is 65.2 Å². The minimum atomic E-state index is 0. The molecule has 18 heavy (non-hydrogen) atoms. The molecule has 0 N–H and O–H groups in total. The van der Waals surface area contributed by atoms with Gasteiger partial charge < -0.3 is 9.53 Å². The molecule has 0 fully saturated rings. The van der Waals surface area contributed by atoms with Crippen LogP contribution in [0.25, 0.3) is 0 Å². The van der Waals surface area contributed by atoms with E-state index in [2.05, 4.69) is 6.07 Å². The monoisotopic (exact) mass is 314 g/mol. The predicted molar refractivity (Wildman–Crippen MR) is 66.2 cm³/mol. The molecule has 0 aliphatic rings. The first-order valence-electron chi connectivity index (χ1n) is 5.44. The molecule has 0 saturated carbocycles. The molecule has 1 radical (unpaired) electrons. The molecule has 0 atom stereocenters. The molecular formula is C15H13O2Y-. The summed E-state index contributed by atoms with van der Waals surface area (Å²) in [4.78, 5) is 10.8. The Morgan fingerprint density at radius 3 is 2.56 bits per heavy atom. The Morgan fingerprint density at radius 2 is 1.89 bits per heavy atom. The van der Waals surface area contributed by atoms with Crippen molar-refractivity contribution in [2.24, 2.45) is 0 Å². The summed E-state index contributed by atoms with van der Waals surface area (Å²) in [6.07, 6.45) is 0.788. The summed E-state index contributed by atoms with van der Waals surface area (Å²) in [5, 5.41) is 0. The topological polar surface area (TPSA) is 26.3 Å². The van der Waals surface area contributed by atoms with E-state index in [1.54, 1.807) is 6.07 Å². The predicted octanol–water partition coefficient (Wildman–Crippen LogP) is 3.18. The van der Waals surface area contributed by atoms with Crippen molar-refractivity contribution in [1.82, 2.24) is 0 Å². The van der Waals surface area contributed by atoms with E-state index in [-0.39, 0.29) is 32.7 Å². The van der Waals surface area contributed by atoms with Gasteiger partial charge in [0.15, 0.2) is 0 Å². The number of carbonyl (C=O) groups excluding carboxylic acids is 1. The number of hydrogen-bond donors (Lipinski definition) is 0. The van der Waals surface area contributed by atoms with Gasteiger partial charge in [-0.25, -0.2) is 0 Å². The summed E-state index contributed by atoms with van der Waals surface area (Å²) in [6.45, 7) is 2.37. The van der Waals surface area contributed by atoms with Crippen LogP contribution in [0.4, 0.5) is 0 Å². The van der Waals surface area contributed by atoms with Crippen molar-refractivity contribution >= 4 is 6.29 Å². The van der Waals surface area contributed by atoms with Crippen LogP contribution in [0, 0.1) is 13.0 Å². The van der Waals surface area contributed by atoms with Crippen LogP contribution in [0.5, 0.6) is 5.75 Å². The molecule has 0 bridgehead atoms. The first-order valence-corrected chi connectivity index (χ1v) is 5.44. The van der Waals surface area contributed by atoms with Gasteiger partial charge in [0.05, 0.1) is 6.29 Å². The SMILES string of the molecule is Cc1[c-]c(OCc2ccccc2)c(C=O)cc1.[Y]. The van der Waals surface area contributed by atoms with Gasteiger partial charge in [-0.05, 0) is 5.56 Å². The molecule has 2 nitrogen and oxygen atoms in total. The maximum atomic E-state index is 10.8. The summed E-state index contributed by atoms with van der Waals surface area (Å²) in [7, 11) is 0. The summed E-state index contributed by atoms with van der Waals surface area (Å²) in [6, 6.07) is 16.5. The largest absolute Gasteiger partial charge is 0.514 e. The molecule has 0 aliphatic heterocycles. The summed E-state index contributed by atoms with van der Waals surface area (Å²) in [5.41, 5.74) is 2.56. The summed E-state index contributed by atoms with van der Waals surface area (Å²) in [5.74, 6) is 0.517. The molecule has 0 saturated heterocycles. The van der Waals surface area contributed by atoms with Crippen molar-refractivity contribution < 1.29 is 42.2 Å². The number of aryl methyl sites for hydroxylation is 1. The van der Waals surface area contributed by atoms with E-state index in [0.717, 1.165) is 17.4 Å². The zero-order valence-corrected chi connectivity index (χ0v) is 13.1. The number of ether oxygens (including phenoxy) is 1. The first-order chi connectivity index (χ1) is 8.29. The Kier molecular flexibility index (Phi) is 6.24. The fraction of sp³-hybridized carbons (Fsp3) is 0.133. The van der Waals surface area contributed by atoms with Crippen LogP contribution in [-0.2, 0) is 39.3 Å². The number of aldehydes is 1. The summed E-state index contributed by atoms with van der Waals surface area (Å²) >= 11 is 0. The van der Waals surface area contributed by atoms with Gasteiger partial charge in [-0.15, -0.1) is 6.07 Å². The van der Waals surface area contributed by atoms with Gasteiger partial charge >= 0.3 is 0 Å². The number of hydrogen-bond acceptors (Lipinski definition) is 2. The molecule has 0 amide bonds. The molecule has 0 unspecified atom stereocenters. The van der Waals surface area contributed by atoms with Crippen LogP contribution in [0.15, 0.2) is 42.5 Å². The summed E-state index contributed by atoms with van der Waals surface area (Å²) < 4.78 is 5.61. The van der Waals surface area contributed by atoms with Gasteiger partial charge in [0.1, 0.15) is 6.61 Å². The van der Waals surface area contributed by atoms with Gasteiger partial charge in [0.2, 0.25) is 0 Å². The maximum Gasteiger partial charge on any atom is 0.110 e. The third-order valence-corrected chi connectivity index (χ3v) is 2.44. The Hall–Kier alpha value is -0.986. The van der Waals surface area contributed by atoms with Gasteiger partial charge in [-0.3, -0.25) is 0 Å². The third-order valence-electron chi connectivity index (χ3n) is 2.44. The average Bonchev–Trinajstić information content (AvgIpc) is 2.38. The van der Waals surface area contributed by atoms with E-state index in [0.29, 0.717) is 17.9 Å². The Balaban J connectivity index is 0.00000162. The van der Waals surface area contributed by atoms with Gasteiger partial charge in [0, 0.05) is 38.5 Å². The normalized spacial score (nSPS) is 9.39. The van der Waals surface area contributed by atoms with E-state index in [4.69, 9.17) is 4.74 Å². The van der Waals surface area contributed by atoms with Gasteiger partial charge in [-0.2, -0.15) is 17.7 Å². The van der Waals surface area contributed by atoms with E-state index >= 15 is 0 Å². The van der Waals surface area contributed by atoms with E-state index in [9.17, 15) is 4.79 Å². The van der Waals surface area contributed by atoms with Crippen molar-refractivity contribution in [2.45, 2.75) is 13.5 Å². The van der Waals surface area contributed by atoms with Crippen LogP contribution in [0.2, 0.25) is 0 Å². The molecular weight excluding hydrogens is 301 g/mol. The second-order valence-corrected chi connectivity index (χ2v) is 3.82. The van der Waals surface area contributed by atoms with E-state index < -0.39 is 0 Å². The molecule has 0 spiro atoms.